The minimum absolute atomic E-state index is 0.0767. The Bertz CT molecular complexity index is 760. The molecule has 0 aliphatic carbocycles. The van der Waals surface area contributed by atoms with Crippen LogP contribution in [0.1, 0.15) is 37.5 Å². The molecule has 0 saturated heterocycles. The van der Waals surface area contributed by atoms with Crippen LogP contribution in [-0.4, -0.2) is 5.91 Å². The van der Waals surface area contributed by atoms with E-state index in [1.165, 1.54) is 5.56 Å². The number of carbonyl (C=O) groups excluding carboxylic acids is 1. The second kappa shape index (κ2) is 7.61. The van der Waals surface area contributed by atoms with Gasteiger partial charge in [-0.25, -0.2) is 0 Å². The highest BCUT2D eigenvalue weighted by molar-refractivity contribution is 6.01. The Morgan fingerprint density at radius 3 is 2.25 bits per heavy atom. The standard InChI is InChI=1S/C21H22N2O/c1-21(2,3)19-11-9-16(10-12-19)13-18(14-22)20(24)23-15-17-7-5-4-6-8-17/h4-13H,15H2,1-3H3,(H,23,24)/b18-13-. The second-order valence-corrected chi connectivity index (χ2v) is 6.71. The molecule has 0 unspecified atom stereocenters. The van der Waals surface area contributed by atoms with Crippen molar-refractivity contribution in [2.45, 2.75) is 32.7 Å². The van der Waals surface area contributed by atoms with Crippen LogP contribution in [0.15, 0.2) is 60.2 Å². The molecule has 2 aromatic rings. The van der Waals surface area contributed by atoms with E-state index in [2.05, 4.69) is 26.1 Å². The van der Waals surface area contributed by atoms with Gasteiger partial charge in [0, 0.05) is 6.54 Å². The summed E-state index contributed by atoms with van der Waals surface area (Å²) in [6, 6.07) is 19.5. The van der Waals surface area contributed by atoms with Crippen molar-refractivity contribution in [1.82, 2.24) is 5.32 Å². The maximum absolute atomic E-state index is 12.2. The second-order valence-electron chi connectivity index (χ2n) is 6.71. The molecule has 2 aromatic carbocycles. The van der Waals surface area contributed by atoms with Crippen molar-refractivity contribution >= 4 is 12.0 Å². The summed E-state index contributed by atoms with van der Waals surface area (Å²) in [7, 11) is 0. The first-order chi connectivity index (χ1) is 11.4. The fourth-order valence-corrected chi connectivity index (χ4v) is 2.27. The van der Waals surface area contributed by atoms with Gasteiger partial charge in [0.1, 0.15) is 11.6 Å². The summed E-state index contributed by atoms with van der Waals surface area (Å²) in [5.74, 6) is -0.360. The van der Waals surface area contributed by atoms with Crippen LogP contribution in [0.25, 0.3) is 6.08 Å². The molecule has 0 radical (unpaired) electrons. The van der Waals surface area contributed by atoms with E-state index in [0.717, 1.165) is 11.1 Å². The molecule has 2 rings (SSSR count). The molecule has 1 amide bonds. The van der Waals surface area contributed by atoms with Gasteiger partial charge in [0.25, 0.3) is 5.91 Å². The summed E-state index contributed by atoms with van der Waals surface area (Å²) in [4.78, 5) is 12.2. The molecule has 3 heteroatoms. The Morgan fingerprint density at radius 2 is 1.71 bits per heavy atom. The minimum Gasteiger partial charge on any atom is -0.347 e. The van der Waals surface area contributed by atoms with Crippen molar-refractivity contribution in [2.75, 3.05) is 0 Å². The maximum Gasteiger partial charge on any atom is 0.262 e. The Balaban J connectivity index is 2.08. The average Bonchev–Trinajstić information content (AvgIpc) is 2.58. The lowest BCUT2D eigenvalue weighted by atomic mass is 9.86. The third-order valence-electron chi connectivity index (χ3n) is 3.75. The highest BCUT2D eigenvalue weighted by Gasteiger charge is 2.13. The third-order valence-corrected chi connectivity index (χ3v) is 3.75. The fraction of sp³-hybridized carbons (Fsp3) is 0.238. The molecule has 0 saturated carbocycles. The van der Waals surface area contributed by atoms with E-state index >= 15 is 0 Å². The zero-order valence-corrected chi connectivity index (χ0v) is 14.3. The fourth-order valence-electron chi connectivity index (χ4n) is 2.27. The SMILES string of the molecule is CC(C)(C)c1ccc(/C=C(/C#N)C(=O)NCc2ccccc2)cc1. The normalized spacial score (nSPS) is 11.7. The van der Waals surface area contributed by atoms with Gasteiger partial charge in [0.05, 0.1) is 0 Å². The highest BCUT2D eigenvalue weighted by Crippen LogP contribution is 2.22. The molecule has 0 aliphatic heterocycles. The largest absolute Gasteiger partial charge is 0.347 e. The van der Waals surface area contributed by atoms with Crippen molar-refractivity contribution < 1.29 is 4.79 Å². The van der Waals surface area contributed by atoms with Crippen molar-refractivity contribution in [2.24, 2.45) is 0 Å². The van der Waals surface area contributed by atoms with Crippen LogP contribution in [-0.2, 0) is 16.8 Å². The van der Waals surface area contributed by atoms with Gasteiger partial charge in [-0.1, -0.05) is 75.4 Å². The smallest absolute Gasteiger partial charge is 0.262 e. The summed E-state index contributed by atoms with van der Waals surface area (Å²) in [5.41, 5.74) is 3.24. The molecule has 24 heavy (non-hydrogen) atoms. The highest BCUT2D eigenvalue weighted by atomic mass is 16.1. The number of carbonyl (C=O) groups is 1. The number of hydrogen-bond acceptors (Lipinski definition) is 2. The molecule has 0 aliphatic rings. The van der Waals surface area contributed by atoms with E-state index in [1.54, 1.807) is 6.08 Å². The van der Waals surface area contributed by atoms with Crippen molar-refractivity contribution in [1.29, 1.82) is 5.26 Å². The van der Waals surface area contributed by atoms with Gasteiger partial charge >= 0.3 is 0 Å². The number of hydrogen-bond donors (Lipinski definition) is 1. The zero-order chi connectivity index (χ0) is 17.6. The molecule has 0 fully saturated rings. The number of benzene rings is 2. The summed E-state index contributed by atoms with van der Waals surface area (Å²) in [6.45, 7) is 6.85. The molecule has 0 spiro atoms. The van der Waals surface area contributed by atoms with E-state index in [4.69, 9.17) is 0 Å². The molecule has 0 heterocycles. The number of nitriles is 1. The summed E-state index contributed by atoms with van der Waals surface area (Å²) < 4.78 is 0. The van der Waals surface area contributed by atoms with E-state index in [0.29, 0.717) is 6.54 Å². The zero-order valence-electron chi connectivity index (χ0n) is 14.3. The predicted molar refractivity (Wildman–Crippen MR) is 97.0 cm³/mol. The van der Waals surface area contributed by atoms with Gasteiger partial charge in [-0.3, -0.25) is 4.79 Å². The molecule has 0 aromatic heterocycles. The van der Waals surface area contributed by atoms with Crippen LogP contribution in [0, 0.1) is 11.3 Å². The van der Waals surface area contributed by atoms with E-state index in [9.17, 15) is 10.1 Å². The molecular formula is C21H22N2O. The van der Waals surface area contributed by atoms with E-state index in [1.807, 2.05) is 60.7 Å². The van der Waals surface area contributed by atoms with Crippen LogP contribution < -0.4 is 5.32 Å². The van der Waals surface area contributed by atoms with Gasteiger partial charge in [-0.15, -0.1) is 0 Å². The van der Waals surface area contributed by atoms with Crippen LogP contribution in [0.2, 0.25) is 0 Å². The summed E-state index contributed by atoms with van der Waals surface area (Å²) >= 11 is 0. The van der Waals surface area contributed by atoms with Gasteiger partial charge in [-0.05, 0) is 28.2 Å². The monoisotopic (exact) mass is 318 g/mol. The molecule has 1 N–H and O–H groups in total. The van der Waals surface area contributed by atoms with Crippen molar-refractivity contribution in [3.63, 3.8) is 0 Å². The first kappa shape index (κ1) is 17.5. The van der Waals surface area contributed by atoms with Crippen LogP contribution in [0.3, 0.4) is 0 Å². The third kappa shape index (κ3) is 4.82. The van der Waals surface area contributed by atoms with Gasteiger partial charge in [0.15, 0.2) is 0 Å². The molecule has 122 valence electrons. The van der Waals surface area contributed by atoms with Crippen LogP contribution in [0.5, 0.6) is 0 Å². The number of nitrogens with one attached hydrogen (secondary N) is 1. The number of nitrogens with zero attached hydrogens (tertiary/aromatic N) is 1. The number of amides is 1. The van der Waals surface area contributed by atoms with E-state index < -0.39 is 0 Å². The quantitative estimate of drug-likeness (QED) is 0.678. The van der Waals surface area contributed by atoms with Gasteiger partial charge in [0.2, 0.25) is 0 Å². The Morgan fingerprint density at radius 1 is 1.08 bits per heavy atom. The first-order valence-corrected chi connectivity index (χ1v) is 7.94. The summed E-state index contributed by atoms with van der Waals surface area (Å²) in [5, 5.41) is 12.0. The first-order valence-electron chi connectivity index (χ1n) is 7.94. The predicted octanol–water partition coefficient (Wildman–Crippen LogP) is 4.21. The average molecular weight is 318 g/mol. The van der Waals surface area contributed by atoms with Crippen LogP contribution >= 0.6 is 0 Å². The minimum atomic E-state index is -0.360. The Kier molecular flexibility index (Phi) is 5.55. The molecule has 0 bridgehead atoms. The van der Waals surface area contributed by atoms with Crippen molar-refractivity contribution in [3.05, 3.63) is 76.9 Å². The van der Waals surface area contributed by atoms with Crippen molar-refractivity contribution in [3.8, 4) is 6.07 Å². The number of rotatable bonds is 4. The maximum atomic E-state index is 12.2. The topological polar surface area (TPSA) is 52.9 Å². The van der Waals surface area contributed by atoms with Crippen LogP contribution in [0.4, 0.5) is 0 Å². The summed E-state index contributed by atoms with van der Waals surface area (Å²) in [6.07, 6.45) is 1.62. The Hall–Kier alpha value is -2.86. The molecular weight excluding hydrogens is 296 g/mol. The van der Waals surface area contributed by atoms with Gasteiger partial charge in [-0.2, -0.15) is 5.26 Å². The Labute approximate surface area is 143 Å². The molecule has 0 atom stereocenters. The lowest BCUT2D eigenvalue weighted by Crippen LogP contribution is -2.23. The molecule has 3 nitrogen and oxygen atoms in total. The van der Waals surface area contributed by atoms with E-state index in [-0.39, 0.29) is 16.9 Å². The lowest BCUT2D eigenvalue weighted by molar-refractivity contribution is -0.117. The van der Waals surface area contributed by atoms with Gasteiger partial charge < -0.3 is 5.32 Å². The lowest BCUT2D eigenvalue weighted by Gasteiger charge is -2.18.